The molecule has 0 unspecified atom stereocenters. The fraction of sp³-hybridized carbons (Fsp3) is 0.353. The van der Waals surface area contributed by atoms with E-state index in [-0.39, 0.29) is 5.78 Å². The van der Waals surface area contributed by atoms with E-state index >= 15 is 0 Å². The maximum absolute atomic E-state index is 12.4. The number of Topliss-reactive ketones (excluding diaryl/α,β-unsaturated/α-hetero) is 1. The number of carbonyl (C=O) groups is 1. The van der Waals surface area contributed by atoms with Crippen LogP contribution in [0.5, 0.6) is 5.75 Å². The van der Waals surface area contributed by atoms with Crippen molar-refractivity contribution in [1.82, 2.24) is 4.57 Å². The molecule has 0 radical (unpaired) electrons. The van der Waals surface area contributed by atoms with Crippen molar-refractivity contribution in [2.75, 3.05) is 12.9 Å². The van der Waals surface area contributed by atoms with Crippen LogP contribution in [0.3, 0.4) is 0 Å². The van der Waals surface area contributed by atoms with Crippen LogP contribution in [-0.4, -0.2) is 23.2 Å². The predicted octanol–water partition coefficient (Wildman–Crippen LogP) is 4.11. The zero-order valence-corrected chi connectivity index (χ0v) is 13.8. The average Bonchev–Trinajstić information content (AvgIpc) is 2.79. The lowest BCUT2D eigenvalue weighted by atomic mass is 10.2. The summed E-state index contributed by atoms with van der Waals surface area (Å²) >= 11 is 1.56. The van der Waals surface area contributed by atoms with Gasteiger partial charge in [0.25, 0.3) is 0 Å². The number of hydrogen-bond acceptors (Lipinski definition) is 3. The van der Waals surface area contributed by atoms with Crippen LogP contribution in [0.2, 0.25) is 0 Å². The first-order chi connectivity index (χ1) is 10.1. The van der Waals surface area contributed by atoms with E-state index in [0.717, 1.165) is 34.1 Å². The van der Waals surface area contributed by atoms with Crippen LogP contribution in [0.4, 0.5) is 0 Å². The van der Waals surface area contributed by atoms with E-state index in [0.29, 0.717) is 5.75 Å². The molecule has 0 aliphatic heterocycles. The maximum atomic E-state index is 12.4. The van der Waals surface area contributed by atoms with Gasteiger partial charge in [0, 0.05) is 28.4 Å². The Kier molecular flexibility index (Phi) is 5.12. The molecule has 0 bridgehead atoms. The number of nitrogens with zero attached hydrogens (tertiary/aromatic N) is 1. The molecule has 2 rings (SSSR count). The Morgan fingerprint density at radius 1 is 1.24 bits per heavy atom. The molecule has 0 N–H and O–H groups in total. The normalized spacial score (nSPS) is 10.7. The summed E-state index contributed by atoms with van der Waals surface area (Å²) in [4.78, 5) is 13.5. The van der Waals surface area contributed by atoms with E-state index in [1.54, 1.807) is 18.9 Å². The van der Waals surface area contributed by atoms with Gasteiger partial charge in [0.2, 0.25) is 0 Å². The van der Waals surface area contributed by atoms with Crippen LogP contribution in [0.25, 0.3) is 0 Å². The Balaban J connectivity index is 2.04. The summed E-state index contributed by atoms with van der Waals surface area (Å²) in [6.45, 7) is 7.06. The molecule has 0 saturated heterocycles. The second-order valence-corrected chi connectivity index (χ2v) is 5.97. The summed E-state index contributed by atoms with van der Waals surface area (Å²) in [7, 11) is 1.65. The largest absolute Gasteiger partial charge is 0.497 e. The first-order valence-electron chi connectivity index (χ1n) is 7.03. The van der Waals surface area contributed by atoms with Gasteiger partial charge in [-0.05, 0) is 51.1 Å². The van der Waals surface area contributed by atoms with Crippen molar-refractivity contribution in [3.05, 3.63) is 47.3 Å². The Bertz CT molecular complexity index is 629. The highest BCUT2D eigenvalue weighted by Gasteiger charge is 2.15. The third-order valence-corrected chi connectivity index (χ3v) is 4.63. The molecule has 2 aromatic rings. The Hall–Kier alpha value is -1.68. The zero-order valence-electron chi connectivity index (χ0n) is 13.0. The molecular formula is C17H21NO2S. The van der Waals surface area contributed by atoms with Crippen molar-refractivity contribution in [1.29, 1.82) is 0 Å². The van der Waals surface area contributed by atoms with Gasteiger partial charge in [-0.25, -0.2) is 0 Å². The quantitative estimate of drug-likeness (QED) is 0.594. The summed E-state index contributed by atoms with van der Waals surface area (Å²) < 4.78 is 7.30. The lowest BCUT2D eigenvalue weighted by Gasteiger charge is -2.06. The summed E-state index contributed by atoms with van der Waals surface area (Å²) in [6, 6.07) is 9.78. The van der Waals surface area contributed by atoms with Crippen molar-refractivity contribution in [2.24, 2.45) is 0 Å². The third kappa shape index (κ3) is 3.50. The molecule has 0 amide bonds. The van der Waals surface area contributed by atoms with Crippen LogP contribution < -0.4 is 4.74 Å². The van der Waals surface area contributed by atoms with Gasteiger partial charge < -0.3 is 9.30 Å². The first-order valence-corrected chi connectivity index (χ1v) is 8.02. The van der Waals surface area contributed by atoms with E-state index in [1.807, 2.05) is 44.2 Å². The number of hydrogen-bond donors (Lipinski definition) is 0. The summed E-state index contributed by atoms with van der Waals surface area (Å²) in [6.07, 6.45) is 0. The number of benzene rings is 1. The van der Waals surface area contributed by atoms with E-state index in [2.05, 4.69) is 11.5 Å². The van der Waals surface area contributed by atoms with E-state index in [4.69, 9.17) is 4.74 Å². The lowest BCUT2D eigenvalue weighted by Crippen LogP contribution is -2.05. The topological polar surface area (TPSA) is 31.2 Å². The van der Waals surface area contributed by atoms with Crippen LogP contribution in [-0.2, 0) is 6.54 Å². The van der Waals surface area contributed by atoms with E-state index < -0.39 is 0 Å². The lowest BCUT2D eigenvalue weighted by molar-refractivity contribution is 0.102. The predicted molar refractivity (Wildman–Crippen MR) is 87.6 cm³/mol. The van der Waals surface area contributed by atoms with Crippen molar-refractivity contribution in [2.45, 2.75) is 32.2 Å². The summed E-state index contributed by atoms with van der Waals surface area (Å²) in [5.41, 5.74) is 3.05. The zero-order chi connectivity index (χ0) is 15.4. The smallest absolute Gasteiger partial charge is 0.174 e. The highest BCUT2D eigenvalue weighted by Crippen LogP contribution is 2.23. The molecule has 0 aliphatic carbocycles. The number of aromatic nitrogens is 1. The van der Waals surface area contributed by atoms with Crippen LogP contribution >= 0.6 is 11.8 Å². The van der Waals surface area contributed by atoms with E-state index in [9.17, 15) is 4.79 Å². The average molecular weight is 303 g/mol. The molecule has 1 heterocycles. The van der Waals surface area contributed by atoms with Gasteiger partial charge in [0.05, 0.1) is 12.9 Å². The van der Waals surface area contributed by atoms with Crippen molar-refractivity contribution < 1.29 is 9.53 Å². The van der Waals surface area contributed by atoms with E-state index in [1.165, 1.54) is 0 Å². The molecule has 0 saturated carbocycles. The molecule has 112 valence electrons. The molecule has 1 aromatic heterocycles. The molecule has 0 atom stereocenters. The number of rotatable bonds is 6. The van der Waals surface area contributed by atoms with Crippen molar-refractivity contribution >= 4 is 17.5 Å². The van der Waals surface area contributed by atoms with Crippen LogP contribution in [0, 0.1) is 13.8 Å². The molecule has 0 spiro atoms. The monoisotopic (exact) mass is 303 g/mol. The van der Waals surface area contributed by atoms with Gasteiger partial charge in [-0.1, -0.05) is 0 Å². The second kappa shape index (κ2) is 6.85. The maximum Gasteiger partial charge on any atom is 0.174 e. The van der Waals surface area contributed by atoms with Gasteiger partial charge in [-0.3, -0.25) is 4.79 Å². The Labute approximate surface area is 130 Å². The minimum atomic E-state index is 0.184. The minimum absolute atomic E-state index is 0.184. The minimum Gasteiger partial charge on any atom is -0.497 e. The molecular weight excluding hydrogens is 282 g/mol. The SMILES string of the molecule is CCn1c(C)cc(C(=O)CSc2ccc(OC)cc2)c1C. The Morgan fingerprint density at radius 3 is 2.43 bits per heavy atom. The molecule has 0 fully saturated rings. The van der Waals surface area contributed by atoms with Gasteiger partial charge in [0.15, 0.2) is 5.78 Å². The number of carbonyl (C=O) groups excluding carboxylic acids is 1. The third-order valence-electron chi connectivity index (χ3n) is 3.62. The van der Waals surface area contributed by atoms with Gasteiger partial charge >= 0.3 is 0 Å². The number of aryl methyl sites for hydroxylation is 1. The fourth-order valence-electron chi connectivity index (χ4n) is 2.47. The van der Waals surface area contributed by atoms with Gasteiger partial charge in [0.1, 0.15) is 5.75 Å². The van der Waals surface area contributed by atoms with Crippen LogP contribution in [0.1, 0.15) is 28.7 Å². The number of ketones is 1. The number of thioether (sulfide) groups is 1. The molecule has 3 nitrogen and oxygen atoms in total. The highest BCUT2D eigenvalue weighted by atomic mass is 32.2. The van der Waals surface area contributed by atoms with Gasteiger partial charge in [-0.2, -0.15) is 0 Å². The molecule has 21 heavy (non-hydrogen) atoms. The highest BCUT2D eigenvalue weighted by molar-refractivity contribution is 8.00. The number of ether oxygens (including phenoxy) is 1. The molecule has 1 aromatic carbocycles. The molecule has 0 aliphatic rings. The molecule has 4 heteroatoms. The van der Waals surface area contributed by atoms with Crippen molar-refractivity contribution in [3.8, 4) is 5.75 Å². The second-order valence-electron chi connectivity index (χ2n) is 4.92. The van der Waals surface area contributed by atoms with Crippen molar-refractivity contribution in [3.63, 3.8) is 0 Å². The van der Waals surface area contributed by atoms with Gasteiger partial charge in [-0.15, -0.1) is 11.8 Å². The fourth-order valence-corrected chi connectivity index (χ4v) is 3.25. The van der Waals surface area contributed by atoms with Crippen LogP contribution in [0.15, 0.2) is 35.2 Å². The first kappa shape index (κ1) is 15.7. The number of methoxy groups -OCH3 is 1. The summed E-state index contributed by atoms with van der Waals surface area (Å²) in [5, 5.41) is 0. The Morgan fingerprint density at radius 2 is 1.90 bits per heavy atom. The standard InChI is InChI=1S/C17H21NO2S/c1-5-18-12(2)10-16(13(18)3)17(19)11-21-15-8-6-14(20-4)7-9-15/h6-10H,5,11H2,1-4H3. The summed E-state index contributed by atoms with van der Waals surface area (Å²) in [5.74, 6) is 1.47.